The Morgan fingerprint density at radius 2 is 2.00 bits per heavy atom. The van der Waals surface area contributed by atoms with Gasteiger partial charge in [0.15, 0.2) is 0 Å². The first-order valence-electron chi connectivity index (χ1n) is 7.02. The van der Waals surface area contributed by atoms with Crippen molar-refractivity contribution in [1.29, 1.82) is 0 Å². The molecular formula is C14H29NO2. The fraction of sp³-hybridized carbons (Fsp3) is 1.00. The average Bonchev–Trinajstić information content (AvgIpc) is 2.76. The second-order valence-corrected chi connectivity index (χ2v) is 5.99. The predicted octanol–water partition coefficient (Wildman–Crippen LogP) is 2.33. The van der Waals surface area contributed by atoms with E-state index in [2.05, 4.69) is 26.1 Å². The number of hydrogen-bond acceptors (Lipinski definition) is 3. The maximum Gasteiger partial charge on any atom is 0.0611 e. The normalized spacial score (nSPS) is 21.0. The lowest BCUT2D eigenvalue weighted by Crippen LogP contribution is -2.49. The molecule has 0 spiro atoms. The third kappa shape index (κ3) is 5.84. The van der Waals surface area contributed by atoms with Crippen molar-refractivity contribution in [3.8, 4) is 0 Å². The molecule has 0 amide bonds. The highest BCUT2D eigenvalue weighted by Gasteiger charge is 2.23. The number of ether oxygens (including phenoxy) is 1. The van der Waals surface area contributed by atoms with Gasteiger partial charge in [0.05, 0.1) is 6.61 Å². The topological polar surface area (TPSA) is 41.5 Å². The third-order valence-electron chi connectivity index (χ3n) is 3.61. The van der Waals surface area contributed by atoms with Gasteiger partial charge in [-0.25, -0.2) is 0 Å². The summed E-state index contributed by atoms with van der Waals surface area (Å²) < 4.78 is 5.75. The molecule has 1 saturated carbocycles. The highest BCUT2D eigenvalue weighted by molar-refractivity contribution is 4.83. The molecular weight excluding hydrogens is 214 g/mol. The van der Waals surface area contributed by atoms with Gasteiger partial charge in [-0.15, -0.1) is 0 Å². The molecule has 0 aromatic rings. The van der Waals surface area contributed by atoms with Crippen LogP contribution in [0.2, 0.25) is 0 Å². The van der Waals surface area contributed by atoms with Crippen molar-refractivity contribution in [3.63, 3.8) is 0 Å². The van der Waals surface area contributed by atoms with Gasteiger partial charge in [-0.05, 0) is 32.1 Å². The molecule has 2 N–H and O–H groups in total. The summed E-state index contributed by atoms with van der Waals surface area (Å²) in [6, 6.07) is 0.391. The van der Waals surface area contributed by atoms with E-state index in [1.807, 2.05) is 0 Å². The van der Waals surface area contributed by atoms with Crippen molar-refractivity contribution in [2.75, 3.05) is 19.8 Å². The average molecular weight is 243 g/mol. The number of nitrogens with one attached hydrogen (secondary N) is 1. The molecule has 102 valence electrons. The fourth-order valence-corrected chi connectivity index (χ4v) is 2.62. The molecule has 3 nitrogen and oxygen atoms in total. The molecule has 1 atom stereocenters. The summed E-state index contributed by atoms with van der Waals surface area (Å²) >= 11 is 0. The summed E-state index contributed by atoms with van der Waals surface area (Å²) in [7, 11) is 0. The quantitative estimate of drug-likeness (QED) is 0.643. The van der Waals surface area contributed by atoms with Gasteiger partial charge in [0.1, 0.15) is 0 Å². The minimum Gasteiger partial charge on any atom is -0.394 e. The van der Waals surface area contributed by atoms with Crippen LogP contribution in [-0.4, -0.2) is 36.5 Å². The minimum atomic E-state index is -0.205. The van der Waals surface area contributed by atoms with Gasteiger partial charge in [0.25, 0.3) is 0 Å². The molecule has 17 heavy (non-hydrogen) atoms. The number of aliphatic hydroxyl groups is 1. The lowest BCUT2D eigenvalue weighted by atomic mass is 9.98. The van der Waals surface area contributed by atoms with Crippen molar-refractivity contribution in [3.05, 3.63) is 0 Å². The Bertz CT molecular complexity index is 202. The van der Waals surface area contributed by atoms with E-state index in [-0.39, 0.29) is 12.1 Å². The van der Waals surface area contributed by atoms with Crippen LogP contribution in [0.1, 0.15) is 52.9 Å². The Labute approximate surface area is 106 Å². The summed E-state index contributed by atoms with van der Waals surface area (Å²) in [5, 5.41) is 12.8. The molecule has 0 aliphatic heterocycles. The first kappa shape index (κ1) is 14.9. The first-order valence-corrected chi connectivity index (χ1v) is 7.02. The van der Waals surface area contributed by atoms with E-state index in [0.29, 0.717) is 6.04 Å². The van der Waals surface area contributed by atoms with E-state index in [1.54, 1.807) is 0 Å². The largest absolute Gasteiger partial charge is 0.394 e. The smallest absolute Gasteiger partial charge is 0.0611 e. The lowest BCUT2D eigenvalue weighted by molar-refractivity contribution is 0.0653. The lowest BCUT2D eigenvalue weighted by Gasteiger charge is -2.31. The van der Waals surface area contributed by atoms with Crippen LogP contribution in [-0.2, 0) is 4.74 Å². The van der Waals surface area contributed by atoms with Crippen LogP contribution in [0.25, 0.3) is 0 Å². The standard InChI is InChI=1S/C14H29NO2/c1-12(2)15-14(3,11-16)8-9-17-10-13-6-4-5-7-13/h12-13,15-16H,4-11H2,1-3H3. The van der Waals surface area contributed by atoms with E-state index in [0.717, 1.165) is 25.6 Å². The molecule has 0 bridgehead atoms. The Hall–Kier alpha value is -0.120. The summed E-state index contributed by atoms with van der Waals surface area (Å²) in [5.74, 6) is 0.786. The molecule has 0 radical (unpaired) electrons. The molecule has 1 aliphatic rings. The second kappa shape index (κ2) is 7.34. The van der Waals surface area contributed by atoms with Crippen molar-refractivity contribution in [1.82, 2.24) is 5.32 Å². The van der Waals surface area contributed by atoms with Crippen LogP contribution >= 0.6 is 0 Å². The van der Waals surface area contributed by atoms with Crippen molar-refractivity contribution < 1.29 is 9.84 Å². The van der Waals surface area contributed by atoms with Crippen molar-refractivity contribution in [2.45, 2.75) is 64.5 Å². The Morgan fingerprint density at radius 3 is 2.53 bits per heavy atom. The maximum atomic E-state index is 9.43. The molecule has 1 rings (SSSR count). The molecule has 0 aromatic carbocycles. The number of rotatable bonds is 8. The molecule has 3 heteroatoms. The molecule has 0 saturated heterocycles. The van der Waals surface area contributed by atoms with Crippen molar-refractivity contribution >= 4 is 0 Å². The number of hydrogen-bond donors (Lipinski definition) is 2. The van der Waals surface area contributed by atoms with Gasteiger partial charge >= 0.3 is 0 Å². The molecule has 1 aliphatic carbocycles. The second-order valence-electron chi connectivity index (χ2n) is 5.99. The van der Waals surface area contributed by atoms with E-state index in [1.165, 1.54) is 25.7 Å². The van der Waals surface area contributed by atoms with Gasteiger partial charge in [-0.1, -0.05) is 26.7 Å². The van der Waals surface area contributed by atoms with Crippen molar-refractivity contribution in [2.24, 2.45) is 5.92 Å². The summed E-state index contributed by atoms with van der Waals surface area (Å²) in [6.07, 6.45) is 6.28. The third-order valence-corrected chi connectivity index (χ3v) is 3.61. The monoisotopic (exact) mass is 243 g/mol. The van der Waals surface area contributed by atoms with Crippen LogP contribution in [0.5, 0.6) is 0 Å². The maximum absolute atomic E-state index is 9.43. The Kier molecular flexibility index (Phi) is 6.45. The van der Waals surface area contributed by atoms with Gasteiger partial charge in [0, 0.05) is 24.8 Å². The van der Waals surface area contributed by atoms with Gasteiger partial charge < -0.3 is 15.2 Å². The summed E-state index contributed by atoms with van der Waals surface area (Å²) in [5.41, 5.74) is -0.205. The fourth-order valence-electron chi connectivity index (χ4n) is 2.62. The zero-order valence-electron chi connectivity index (χ0n) is 11.7. The predicted molar refractivity (Wildman–Crippen MR) is 71.2 cm³/mol. The van der Waals surface area contributed by atoms with Gasteiger partial charge in [-0.2, -0.15) is 0 Å². The van der Waals surface area contributed by atoms with E-state index < -0.39 is 0 Å². The zero-order chi connectivity index (χ0) is 12.7. The molecule has 1 unspecified atom stereocenters. The number of aliphatic hydroxyl groups excluding tert-OH is 1. The van der Waals surface area contributed by atoms with Crippen LogP contribution in [0.3, 0.4) is 0 Å². The highest BCUT2D eigenvalue weighted by Crippen LogP contribution is 2.24. The summed E-state index contributed by atoms with van der Waals surface area (Å²) in [6.45, 7) is 8.08. The summed E-state index contributed by atoms with van der Waals surface area (Å²) in [4.78, 5) is 0. The van der Waals surface area contributed by atoms with E-state index in [9.17, 15) is 5.11 Å². The Morgan fingerprint density at radius 1 is 1.35 bits per heavy atom. The SMILES string of the molecule is CC(C)NC(C)(CO)CCOCC1CCCC1. The van der Waals surface area contributed by atoms with Crippen LogP contribution in [0, 0.1) is 5.92 Å². The van der Waals surface area contributed by atoms with E-state index >= 15 is 0 Å². The molecule has 0 aromatic heterocycles. The van der Waals surface area contributed by atoms with Crippen LogP contribution in [0.4, 0.5) is 0 Å². The van der Waals surface area contributed by atoms with E-state index in [4.69, 9.17) is 4.74 Å². The van der Waals surface area contributed by atoms with Gasteiger partial charge in [-0.3, -0.25) is 0 Å². The van der Waals surface area contributed by atoms with Crippen LogP contribution < -0.4 is 5.32 Å². The first-order chi connectivity index (χ1) is 8.06. The highest BCUT2D eigenvalue weighted by atomic mass is 16.5. The van der Waals surface area contributed by atoms with Gasteiger partial charge in [0.2, 0.25) is 0 Å². The molecule has 0 heterocycles. The Balaban J connectivity index is 2.13. The minimum absolute atomic E-state index is 0.165. The molecule has 1 fully saturated rings. The van der Waals surface area contributed by atoms with Crippen LogP contribution in [0.15, 0.2) is 0 Å². The zero-order valence-corrected chi connectivity index (χ0v) is 11.7.